The molecule has 1 N–H and O–H groups in total. The Hall–Kier alpha value is -1.20. The predicted octanol–water partition coefficient (Wildman–Crippen LogP) is 1.43. The summed E-state index contributed by atoms with van der Waals surface area (Å²) < 4.78 is 26.0. The highest BCUT2D eigenvalue weighted by Gasteiger charge is 2.27. The van der Waals surface area contributed by atoms with Crippen LogP contribution in [0.1, 0.15) is 10.4 Å². The van der Waals surface area contributed by atoms with Gasteiger partial charge >= 0.3 is 0 Å². The first-order valence-corrected chi connectivity index (χ1v) is 5.02. The minimum absolute atomic E-state index is 0. The molecule has 0 aliphatic carbocycles. The molecule has 1 aromatic carbocycles. The van der Waals surface area contributed by atoms with E-state index >= 15 is 0 Å². The van der Waals surface area contributed by atoms with Gasteiger partial charge in [0, 0.05) is 26.2 Å². The van der Waals surface area contributed by atoms with Crippen molar-refractivity contribution in [1.29, 1.82) is 0 Å². The number of rotatable bonds is 2. The molecule has 2 rings (SSSR count). The van der Waals surface area contributed by atoms with Crippen molar-refractivity contribution in [3.05, 3.63) is 35.4 Å². The molecule has 0 atom stereocenters. The molecule has 17 heavy (non-hydrogen) atoms. The number of amides is 1. The van der Waals surface area contributed by atoms with E-state index in [0.29, 0.717) is 13.1 Å². The minimum Gasteiger partial charge on any atom is -0.336 e. The maximum absolute atomic E-state index is 13.3. The summed E-state index contributed by atoms with van der Waals surface area (Å²) in [6.45, 7) is 1.43. The Kier molecular flexibility index (Phi) is 4.42. The van der Waals surface area contributed by atoms with Crippen LogP contribution in [0, 0.1) is 11.6 Å². The first-order valence-electron chi connectivity index (χ1n) is 5.02. The number of nitrogens with zero attached hydrogens (tertiary/aromatic N) is 1. The van der Waals surface area contributed by atoms with E-state index in [1.54, 1.807) is 7.05 Å². The Morgan fingerprint density at radius 3 is 2.53 bits per heavy atom. The molecule has 6 heteroatoms. The molecule has 1 aliphatic heterocycles. The highest BCUT2D eigenvalue weighted by molar-refractivity contribution is 5.94. The zero-order valence-electron chi connectivity index (χ0n) is 9.24. The molecule has 0 aromatic heterocycles. The largest absolute Gasteiger partial charge is 0.336 e. The number of benzene rings is 1. The first-order chi connectivity index (χ1) is 7.59. The van der Waals surface area contributed by atoms with Gasteiger partial charge < -0.3 is 10.2 Å². The highest BCUT2D eigenvalue weighted by atomic mass is 35.5. The number of hydrogen-bond acceptors (Lipinski definition) is 2. The van der Waals surface area contributed by atoms with Crippen molar-refractivity contribution in [2.45, 2.75) is 6.04 Å². The molecular weight excluding hydrogens is 250 g/mol. The zero-order valence-corrected chi connectivity index (χ0v) is 10.1. The second kappa shape index (κ2) is 5.42. The van der Waals surface area contributed by atoms with Gasteiger partial charge in [0.2, 0.25) is 0 Å². The van der Waals surface area contributed by atoms with Crippen LogP contribution in [0.2, 0.25) is 0 Å². The summed E-state index contributed by atoms with van der Waals surface area (Å²) in [4.78, 5) is 13.3. The quantitative estimate of drug-likeness (QED) is 0.875. The molecule has 1 aromatic rings. The summed E-state index contributed by atoms with van der Waals surface area (Å²) in [6, 6.07) is 3.08. The molecule has 1 aliphatic rings. The van der Waals surface area contributed by atoms with Crippen molar-refractivity contribution in [2.75, 3.05) is 20.1 Å². The number of hydrogen-bond donors (Lipinski definition) is 1. The predicted molar refractivity (Wildman–Crippen MR) is 62.4 cm³/mol. The lowest BCUT2D eigenvalue weighted by Crippen LogP contribution is -2.57. The van der Waals surface area contributed by atoms with E-state index in [1.165, 1.54) is 11.0 Å². The molecule has 3 nitrogen and oxygen atoms in total. The molecule has 0 saturated carbocycles. The van der Waals surface area contributed by atoms with Crippen LogP contribution in [-0.4, -0.2) is 37.0 Å². The fourth-order valence-electron chi connectivity index (χ4n) is 1.57. The summed E-state index contributed by atoms with van der Waals surface area (Å²) >= 11 is 0. The van der Waals surface area contributed by atoms with Crippen molar-refractivity contribution in [3.8, 4) is 0 Å². The summed E-state index contributed by atoms with van der Waals surface area (Å²) in [7, 11) is 1.62. The van der Waals surface area contributed by atoms with Crippen LogP contribution in [0.4, 0.5) is 8.78 Å². The average molecular weight is 263 g/mol. The van der Waals surface area contributed by atoms with E-state index in [4.69, 9.17) is 0 Å². The SMILES string of the molecule is CN(C(=O)c1ccc(F)cc1F)C1CNC1.Cl. The van der Waals surface area contributed by atoms with Gasteiger partial charge in [-0.3, -0.25) is 4.79 Å². The van der Waals surface area contributed by atoms with Crippen LogP contribution >= 0.6 is 12.4 Å². The van der Waals surface area contributed by atoms with Gasteiger partial charge in [-0.15, -0.1) is 12.4 Å². The number of carbonyl (C=O) groups excluding carboxylic acids is 1. The summed E-state index contributed by atoms with van der Waals surface area (Å²) in [6.07, 6.45) is 0. The monoisotopic (exact) mass is 262 g/mol. The molecule has 0 unspecified atom stereocenters. The van der Waals surface area contributed by atoms with E-state index < -0.39 is 17.5 Å². The molecule has 0 radical (unpaired) electrons. The van der Waals surface area contributed by atoms with Crippen LogP contribution in [0.15, 0.2) is 18.2 Å². The average Bonchev–Trinajstić information content (AvgIpc) is 2.14. The Morgan fingerprint density at radius 1 is 1.41 bits per heavy atom. The molecule has 94 valence electrons. The summed E-state index contributed by atoms with van der Waals surface area (Å²) in [5.41, 5.74) is -0.0872. The van der Waals surface area contributed by atoms with Crippen molar-refractivity contribution in [2.24, 2.45) is 0 Å². The van der Waals surface area contributed by atoms with E-state index in [9.17, 15) is 13.6 Å². The van der Waals surface area contributed by atoms with Gasteiger partial charge in [0.25, 0.3) is 5.91 Å². The lowest BCUT2D eigenvalue weighted by molar-refractivity contribution is 0.0676. The van der Waals surface area contributed by atoms with Gasteiger partial charge in [-0.25, -0.2) is 8.78 Å². The van der Waals surface area contributed by atoms with Crippen LogP contribution in [0.25, 0.3) is 0 Å². The maximum atomic E-state index is 13.3. The van der Waals surface area contributed by atoms with Crippen molar-refractivity contribution in [3.63, 3.8) is 0 Å². The molecule has 1 amide bonds. The van der Waals surface area contributed by atoms with Gasteiger partial charge in [0.15, 0.2) is 0 Å². The molecule has 0 spiro atoms. The van der Waals surface area contributed by atoms with E-state index in [2.05, 4.69) is 5.32 Å². The third-order valence-corrected chi connectivity index (χ3v) is 2.79. The van der Waals surface area contributed by atoms with Crippen LogP contribution in [-0.2, 0) is 0 Å². The molecule has 0 bridgehead atoms. The van der Waals surface area contributed by atoms with Gasteiger partial charge in [-0.05, 0) is 12.1 Å². The fourth-order valence-corrected chi connectivity index (χ4v) is 1.57. The van der Waals surface area contributed by atoms with Crippen molar-refractivity contribution < 1.29 is 13.6 Å². The number of likely N-dealkylation sites (N-methyl/N-ethyl adjacent to an activating group) is 1. The van der Waals surface area contributed by atoms with Crippen LogP contribution in [0.5, 0.6) is 0 Å². The third-order valence-electron chi connectivity index (χ3n) is 2.79. The Labute approximate surface area is 104 Å². The Balaban J connectivity index is 0.00000144. The summed E-state index contributed by atoms with van der Waals surface area (Å²) in [5.74, 6) is -1.91. The fraction of sp³-hybridized carbons (Fsp3) is 0.364. The maximum Gasteiger partial charge on any atom is 0.256 e. The van der Waals surface area contributed by atoms with E-state index in [0.717, 1.165) is 12.1 Å². The second-order valence-corrected chi connectivity index (χ2v) is 3.85. The Bertz CT molecular complexity index is 424. The van der Waals surface area contributed by atoms with Crippen LogP contribution in [0.3, 0.4) is 0 Å². The zero-order chi connectivity index (χ0) is 11.7. The number of halogens is 3. The smallest absolute Gasteiger partial charge is 0.256 e. The van der Waals surface area contributed by atoms with Crippen LogP contribution < -0.4 is 5.32 Å². The topological polar surface area (TPSA) is 32.3 Å². The normalized spacial score (nSPS) is 14.8. The van der Waals surface area contributed by atoms with Gasteiger partial charge in [-0.2, -0.15) is 0 Å². The number of nitrogens with one attached hydrogen (secondary N) is 1. The molecular formula is C11H13ClF2N2O. The summed E-state index contributed by atoms with van der Waals surface area (Å²) in [5, 5.41) is 3.02. The standard InChI is InChI=1S/C11H12F2N2O.ClH/c1-15(8-5-14-6-8)11(16)9-3-2-7(12)4-10(9)13;/h2-4,8,14H,5-6H2,1H3;1H. The first kappa shape index (κ1) is 13.9. The third kappa shape index (κ3) is 2.73. The van der Waals surface area contributed by atoms with Gasteiger partial charge in [0.1, 0.15) is 11.6 Å². The molecule has 1 fully saturated rings. The molecule has 1 saturated heterocycles. The second-order valence-electron chi connectivity index (χ2n) is 3.85. The van der Waals surface area contributed by atoms with Gasteiger partial charge in [0.05, 0.1) is 11.6 Å². The lowest BCUT2D eigenvalue weighted by atomic mass is 10.1. The number of carbonyl (C=O) groups is 1. The Morgan fingerprint density at radius 2 is 2.06 bits per heavy atom. The van der Waals surface area contributed by atoms with E-state index in [1.807, 2.05) is 0 Å². The van der Waals surface area contributed by atoms with E-state index in [-0.39, 0.29) is 24.0 Å². The van der Waals surface area contributed by atoms with Crippen molar-refractivity contribution in [1.82, 2.24) is 10.2 Å². The highest BCUT2D eigenvalue weighted by Crippen LogP contribution is 2.14. The lowest BCUT2D eigenvalue weighted by Gasteiger charge is -2.35. The molecule has 1 heterocycles. The van der Waals surface area contributed by atoms with Crippen molar-refractivity contribution >= 4 is 18.3 Å². The van der Waals surface area contributed by atoms with Gasteiger partial charge in [-0.1, -0.05) is 0 Å². The minimum atomic E-state index is -0.816.